The van der Waals surface area contributed by atoms with Crippen LogP contribution in [0.3, 0.4) is 0 Å². The second-order valence-electron chi connectivity index (χ2n) is 3.74. The molecule has 0 aromatic heterocycles. The van der Waals surface area contributed by atoms with Crippen molar-refractivity contribution < 1.29 is 9.90 Å². The van der Waals surface area contributed by atoms with E-state index in [4.69, 9.17) is 5.73 Å². The van der Waals surface area contributed by atoms with Crippen LogP contribution in [0.15, 0.2) is 46.9 Å². The first-order valence-corrected chi connectivity index (χ1v) is 6.01. The molecule has 0 heterocycles. The van der Waals surface area contributed by atoms with Gasteiger partial charge in [0.1, 0.15) is 5.75 Å². The quantitative estimate of drug-likeness (QED) is 0.590. The van der Waals surface area contributed by atoms with Crippen LogP contribution in [-0.4, -0.2) is 11.0 Å². The van der Waals surface area contributed by atoms with Crippen molar-refractivity contribution >= 4 is 33.2 Å². The molecule has 0 unspecified atom stereocenters. The second kappa shape index (κ2) is 5.10. The maximum atomic E-state index is 11.9. The van der Waals surface area contributed by atoms with Crippen LogP contribution in [0.2, 0.25) is 0 Å². The number of amides is 1. The third kappa shape index (κ3) is 2.81. The first-order valence-electron chi connectivity index (χ1n) is 5.21. The fourth-order valence-corrected chi connectivity index (χ4v) is 1.85. The number of aromatic hydroxyl groups is 1. The van der Waals surface area contributed by atoms with Gasteiger partial charge in [-0.25, -0.2) is 0 Å². The normalized spacial score (nSPS) is 10.1. The zero-order valence-electron chi connectivity index (χ0n) is 9.35. The molecule has 0 saturated heterocycles. The van der Waals surface area contributed by atoms with Crippen LogP contribution in [-0.2, 0) is 0 Å². The zero-order chi connectivity index (χ0) is 13.1. The third-order valence-electron chi connectivity index (χ3n) is 2.38. The van der Waals surface area contributed by atoms with E-state index in [0.29, 0.717) is 11.3 Å². The zero-order valence-corrected chi connectivity index (χ0v) is 10.9. The number of phenolic OH excluding ortho intramolecular Hbond substituents is 1. The van der Waals surface area contributed by atoms with Crippen LogP contribution >= 0.6 is 15.9 Å². The molecule has 0 aliphatic rings. The van der Waals surface area contributed by atoms with Crippen molar-refractivity contribution in [2.75, 3.05) is 11.1 Å². The Morgan fingerprint density at radius 2 is 2.00 bits per heavy atom. The summed E-state index contributed by atoms with van der Waals surface area (Å²) in [6.07, 6.45) is 0. The lowest BCUT2D eigenvalue weighted by molar-refractivity contribution is 0.102. The minimum atomic E-state index is -0.302. The summed E-state index contributed by atoms with van der Waals surface area (Å²) < 4.78 is 0.875. The molecule has 0 spiro atoms. The van der Waals surface area contributed by atoms with Gasteiger partial charge in [0.05, 0.1) is 5.69 Å². The Bertz CT molecular complexity index is 599. The number of benzene rings is 2. The summed E-state index contributed by atoms with van der Waals surface area (Å²) >= 11 is 3.32. The highest BCUT2D eigenvalue weighted by atomic mass is 79.9. The van der Waals surface area contributed by atoms with Gasteiger partial charge < -0.3 is 16.2 Å². The molecule has 4 N–H and O–H groups in total. The lowest BCUT2D eigenvalue weighted by Crippen LogP contribution is -2.11. The maximum absolute atomic E-state index is 11.9. The van der Waals surface area contributed by atoms with Crippen molar-refractivity contribution in [1.29, 1.82) is 0 Å². The summed E-state index contributed by atoms with van der Waals surface area (Å²) in [5.41, 5.74) is 6.74. The summed E-state index contributed by atoms with van der Waals surface area (Å²) in [7, 11) is 0. The van der Waals surface area contributed by atoms with Gasteiger partial charge in [0.2, 0.25) is 0 Å². The van der Waals surface area contributed by atoms with Crippen LogP contribution in [0.25, 0.3) is 0 Å². The van der Waals surface area contributed by atoms with E-state index >= 15 is 0 Å². The number of anilines is 2. The van der Waals surface area contributed by atoms with E-state index in [9.17, 15) is 9.90 Å². The average molecular weight is 307 g/mol. The Kier molecular flexibility index (Phi) is 3.53. The first kappa shape index (κ1) is 12.4. The number of halogens is 1. The number of nitrogen functional groups attached to an aromatic ring is 1. The number of carbonyl (C=O) groups is 1. The van der Waals surface area contributed by atoms with Crippen molar-refractivity contribution in [2.24, 2.45) is 0 Å². The monoisotopic (exact) mass is 306 g/mol. The fourth-order valence-electron chi connectivity index (χ4n) is 1.45. The van der Waals surface area contributed by atoms with Crippen LogP contribution in [0.1, 0.15) is 10.4 Å². The molecule has 4 nitrogen and oxygen atoms in total. The molecule has 5 heteroatoms. The predicted molar refractivity (Wildman–Crippen MR) is 74.6 cm³/mol. The van der Waals surface area contributed by atoms with Gasteiger partial charge in [-0.2, -0.15) is 0 Å². The van der Waals surface area contributed by atoms with Gasteiger partial charge in [-0.1, -0.05) is 22.0 Å². The van der Waals surface area contributed by atoms with Crippen LogP contribution in [0.5, 0.6) is 5.75 Å². The average Bonchev–Trinajstić information content (AvgIpc) is 2.32. The molecule has 2 aromatic carbocycles. The van der Waals surface area contributed by atoms with Crippen molar-refractivity contribution in [3.63, 3.8) is 0 Å². The van der Waals surface area contributed by atoms with Gasteiger partial charge in [0, 0.05) is 15.7 Å². The number of rotatable bonds is 2. The molecule has 0 atom stereocenters. The van der Waals surface area contributed by atoms with E-state index in [-0.39, 0.29) is 17.3 Å². The van der Waals surface area contributed by atoms with Gasteiger partial charge in [0.25, 0.3) is 5.91 Å². The summed E-state index contributed by atoms with van der Waals surface area (Å²) in [5, 5.41) is 12.2. The molecule has 2 rings (SSSR count). The van der Waals surface area contributed by atoms with Crippen molar-refractivity contribution in [1.82, 2.24) is 0 Å². The highest BCUT2D eigenvalue weighted by Crippen LogP contribution is 2.22. The maximum Gasteiger partial charge on any atom is 0.255 e. The van der Waals surface area contributed by atoms with Crippen molar-refractivity contribution in [3.05, 3.63) is 52.5 Å². The van der Waals surface area contributed by atoms with Crippen LogP contribution in [0.4, 0.5) is 11.4 Å². The number of hydrogen-bond acceptors (Lipinski definition) is 3. The Morgan fingerprint density at radius 1 is 1.22 bits per heavy atom. The number of hydrogen-bond donors (Lipinski definition) is 3. The van der Waals surface area contributed by atoms with E-state index < -0.39 is 0 Å². The van der Waals surface area contributed by atoms with E-state index in [1.807, 2.05) is 12.1 Å². The minimum Gasteiger partial charge on any atom is -0.506 e. The minimum absolute atomic E-state index is 0.100. The second-order valence-corrected chi connectivity index (χ2v) is 4.65. The summed E-state index contributed by atoms with van der Waals surface area (Å²) in [5.74, 6) is -0.403. The Labute approximate surface area is 113 Å². The molecule has 0 radical (unpaired) electrons. The summed E-state index contributed by atoms with van der Waals surface area (Å²) in [4.78, 5) is 11.9. The van der Waals surface area contributed by atoms with E-state index in [2.05, 4.69) is 21.2 Å². The SMILES string of the molecule is Nc1ccc(C(=O)Nc2cccc(Br)c2)cc1O. The number of nitrogens with one attached hydrogen (secondary N) is 1. The lowest BCUT2D eigenvalue weighted by atomic mass is 10.1. The number of carbonyl (C=O) groups excluding carboxylic acids is 1. The molecule has 0 saturated carbocycles. The van der Waals surface area contributed by atoms with Crippen molar-refractivity contribution in [2.45, 2.75) is 0 Å². The molecule has 0 aliphatic carbocycles. The van der Waals surface area contributed by atoms with Gasteiger partial charge in [0.15, 0.2) is 0 Å². The first-order chi connectivity index (χ1) is 8.56. The molecule has 18 heavy (non-hydrogen) atoms. The molecular formula is C13H11BrN2O2. The van der Waals surface area contributed by atoms with Gasteiger partial charge in [-0.15, -0.1) is 0 Å². The van der Waals surface area contributed by atoms with Crippen molar-refractivity contribution in [3.8, 4) is 5.75 Å². The lowest BCUT2D eigenvalue weighted by Gasteiger charge is -2.06. The summed E-state index contributed by atoms with van der Waals surface area (Å²) in [6, 6.07) is 11.6. The molecular weight excluding hydrogens is 296 g/mol. The topological polar surface area (TPSA) is 75.4 Å². The van der Waals surface area contributed by atoms with Crippen LogP contribution in [0, 0.1) is 0 Å². The largest absolute Gasteiger partial charge is 0.506 e. The van der Waals surface area contributed by atoms with E-state index in [1.165, 1.54) is 12.1 Å². The molecule has 1 amide bonds. The van der Waals surface area contributed by atoms with Gasteiger partial charge in [-0.05, 0) is 36.4 Å². The molecule has 92 valence electrons. The third-order valence-corrected chi connectivity index (χ3v) is 2.87. The van der Waals surface area contributed by atoms with E-state index in [0.717, 1.165) is 4.47 Å². The Balaban J connectivity index is 2.19. The Hall–Kier alpha value is -2.01. The standard InChI is InChI=1S/C13H11BrN2O2/c14-9-2-1-3-10(7-9)16-13(18)8-4-5-11(15)12(17)6-8/h1-7,17H,15H2,(H,16,18). The van der Waals surface area contributed by atoms with Crippen LogP contribution < -0.4 is 11.1 Å². The highest BCUT2D eigenvalue weighted by molar-refractivity contribution is 9.10. The molecule has 0 fully saturated rings. The number of nitrogens with two attached hydrogens (primary N) is 1. The number of phenols is 1. The summed E-state index contributed by atoms with van der Waals surface area (Å²) in [6.45, 7) is 0. The smallest absolute Gasteiger partial charge is 0.255 e. The Morgan fingerprint density at radius 3 is 2.67 bits per heavy atom. The fraction of sp³-hybridized carbons (Fsp3) is 0. The van der Waals surface area contributed by atoms with Gasteiger partial charge >= 0.3 is 0 Å². The van der Waals surface area contributed by atoms with Gasteiger partial charge in [-0.3, -0.25) is 4.79 Å². The molecule has 0 aliphatic heterocycles. The van der Waals surface area contributed by atoms with E-state index in [1.54, 1.807) is 18.2 Å². The molecule has 2 aromatic rings. The predicted octanol–water partition coefficient (Wildman–Crippen LogP) is 2.99. The molecule has 0 bridgehead atoms. The highest BCUT2D eigenvalue weighted by Gasteiger charge is 2.08.